The smallest absolute Gasteiger partial charge is 0.163 e. The number of benzene rings is 1. The number of anilines is 1. The average Bonchev–Trinajstić information content (AvgIpc) is 2.47. The zero-order valence-electron chi connectivity index (χ0n) is 11.5. The van der Waals surface area contributed by atoms with E-state index in [0.717, 1.165) is 36.6 Å². The highest BCUT2D eigenvalue weighted by atomic mass is 16.5. The summed E-state index contributed by atoms with van der Waals surface area (Å²) in [5, 5.41) is 3.37. The van der Waals surface area contributed by atoms with Gasteiger partial charge in [0.15, 0.2) is 11.5 Å². The Hall–Kier alpha value is -1.84. The molecule has 19 heavy (non-hydrogen) atoms. The van der Waals surface area contributed by atoms with Crippen LogP contribution in [-0.4, -0.2) is 26.4 Å². The van der Waals surface area contributed by atoms with E-state index in [2.05, 4.69) is 11.4 Å². The largest absolute Gasteiger partial charge is 0.497 e. The predicted molar refractivity (Wildman–Crippen MR) is 75.9 cm³/mol. The number of hydrogen-bond acceptors (Lipinski definition) is 4. The minimum atomic E-state index is 0.239. The molecule has 4 heteroatoms. The molecule has 1 aliphatic heterocycles. The van der Waals surface area contributed by atoms with Gasteiger partial charge in [0, 0.05) is 11.8 Å². The summed E-state index contributed by atoms with van der Waals surface area (Å²) in [6.45, 7) is 3.38. The van der Waals surface area contributed by atoms with Crippen LogP contribution in [0, 0.1) is 0 Å². The van der Waals surface area contributed by atoms with E-state index in [1.807, 2.05) is 25.1 Å². The van der Waals surface area contributed by atoms with Crippen LogP contribution in [0.4, 0.5) is 5.69 Å². The number of hydrogen-bond donors (Lipinski definition) is 1. The normalized spacial score (nSPS) is 17.7. The Labute approximate surface area is 114 Å². The Balaban J connectivity index is 1.95. The summed E-state index contributed by atoms with van der Waals surface area (Å²) >= 11 is 0. The summed E-state index contributed by atoms with van der Waals surface area (Å²) < 4.78 is 16.3. The summed E-state index contributed by atoms with van der Waals surface area (Å²) in [5.41, 5.74) is 1.02. The second-order valence-electron chi connectivity index (χ2n) is 4.39. The summed E-state index contributed by atoms with van der Waals surface area (Å²) in [5.74, 6) is 1.52. The molecule has 1 N–H and O–H groups in total. The van der Waals surface area contributed by atoms with Crippen molar-refractivity contribution in [1.82, 2.24) is 0 Å². The van der Waals surface area contributed by atoms with Crippen molar-refractivity contribution in [3.05, 3.63) is 30.5 Å². The zero-order valence-corrected chi connectivity index (χ0v) is 11.5. The maximum atomic E-state index is 5.55. The van der Waals surface area contributed by atoms with E-state index in [9.17, 15) is 0 Å². The minimum absolute atomic E-state index is 0.239. The quantitative estimate of drug-likeness (QED) is 0.855. The monoisotopic (exact) mass is 263 g/mol. The van der Waals surface area contributed by atoms with Crippen molar-refractivity contribution < 1.29 is 14.2 Å². The molecular formula is C15H21NO3. The third-order valence-corrected chi connectivity index (χ3v) is 3.02. The van der Waals surface area contributed by atoms with Gasteiger partial charge in [-0.25, -0.2) is 0 Å². The molecule has 0 spiro atoms. The van der Waals surface area contributed by atoms with Crippen LogP contribution in [0.5, 0.6) is 11.5 Å². The third-order valence-electron chi connectivity index (χ3n) is 3.02. The number of nitrogens with one attached hydrogen (secondary N) is 1. The molecule has 1 aromatic rings. The lowest BCUT2D eigenvalue weighted by molar-refractivity contribution is 0.135. The van der Waals surface area contributed by atoms with E-state index in [0.29, 0.717) is 6.61 Å². The Morgan fingerprint density at radius 3 is 2.95 bits per heavy atom. The topological polar surface area (TPSA) is 39.7 Å². The number of allylic oxidation sites excluding steroid dienone is 1. The zero-order chi connectivity index (χ0) is 13.5. The molecule has 1 aromatic carbocycles. The Morgan fingerprint density at radius 2 is 2.26 bits per heavy atom. The van der Waals surface area contributed by atoms with E-state index in [1.165, 1.54) is 0 Å². The van der Waals surface area contributed by atoms with Gasteiger partial charge >= 0.3 is 0 Å². The summed E-state index contributed by atoms with van der Waals surface area (Å²) in [6.07, 6.45) is 6.21. The Bertz CT molecular complexity index is 431. The fourth-order valence-corrected chi connectivity index (χ4v) is 2.02. The first-order valence-corrected chi connectivity index (χ1v) is 6.68. The summed E-state index contributed by atoms with van der Waals surface area (Å²) in [7, 11) is 1.65. The number of rotatable bonds is 6. The molecule has 0 amide bonds. The molecule has 0 saturated carbocycles. The van der Waals surface area contributed by atoms with Gasteiger partial charge in [-0.1, -0.05) is 0 Å². The second kappa shape index (κ2) is 6.92. The fourth-order valence-electron chi connectivity index (χ4n) is 2.02. The van der Waals surface area contributed by atoms with Gasteiger partial charge in [-0.2, -0.15) is 0 Å². The molecule has 0 saturated heterocycles. The van der Waals surface area contributed by atoms with Crippen LogP contribution in [0.15, 0.2) is 30.5 Å². The molecule has 104 valence electrons. The van der Waals surface area contributed by atoms with Gasteiger partial charge in [0.25, 0.3) is 0 Å². The molecule has 0 aromatic heterocycles. The molecule has 0 bridgehead atoms. The molecule has 0 fully saturated rings. The summed E-state index contributed by atoms with van der Waals surface area (Å²) in [6, 6.07) is 5.86. The molecular weight excluding hydrogens is 242 g/mol. The average molecular weight is 263 g/mol. The highest BCUT2D eigenvalue weighted by molar-refractivity contribution is 5.54. The molecule has 4 nitrogen and oxygen atoms in total. The second-order valence-corrected chi connectivity index (χ2v) is 4.39. The maximum absolute atomic E-state index is 5.55. The predicted octanol–water partition coefficient (Wildman–Crippen LogP) is 3.20. The summed E-state index contributed by atoms with van der Waals surface area (Å²) in [4.78, 5) is 0. The minimum Gasteiger partial charge on any atom is -0.497 e. The van der Waals surface area contributed by atoms with Crippen molar-refractivity contribution in [2.45, 2.75) is 25.9 Å². The van der Waals surface area contributed by atoms with Crippen LogP contribution in [0.3, 0.4) is 0 Å². The van der Waals surface area contributed by atoms with Gasteiger partial charge < -0.3 is 19.5 Å². The molecule has 1 unspecified atom stereocenters. The van der Waals surface area contributed by atoms with Gasteiger partial charge in [-0.3, -0.25) is 0 Å². The first-order valence-electron chi connectivity index (χ1n) is 6.68. The lowest BCUT2D eigenvalue weighted by Crippen LogP contribution is -2.22. The highest BCUT2D eigenvalue weighted by Gasteiger charge is 2.11. The van der Waals surface area contributed by atoms with Crippen LogP contribution in [-0.2, 0) is 4.74 Å². The molecule has 1 heterocycles. The van der Waals surface area contributed by atoms with E-state index in [4.69, 9.17) is 14.2 Å². The number of ether oxygens (including phenoxy) is 3. The standard InChI is InChI=1S/C15H21NO3/c1-3-18-15-10-12(7-8-14(15)17-2)16-11-13-6-4-5-9-19-13/h5,7-10,13,16H,3-4,6,11H2,1-2H3. The van der Waals surface area contributed by atoms with Crippen LogP contribution in [0.2, 0.25) is 0 Å². The van der Waals surface area contributed by atoms with Crippen molar-refractivity contribution in [3.8, 4) is 11.5 Å². The van der Waals surface area contributed by atoms with Gasteiger partial charge in [0.05, 0.1) is 26.5 Å². The maximum Gasteiger partial charge on any atom is 0.163 e. The molecule has 2 rings (SSSR count). The first-order chi connectivity index (χ1) is 9.33. The van der Waals surface area contributed by atoms with Crippen molar-refractivity contribution in [1.29, 1.82) is 0 Å². The Morgan fingerprint density at radius 1 is 1.37 bits per heavy atom. The van der Waals surface area contributed by atoms with Gasteiger partial charge in [0.1, 0.15) is 6.10 Å². The third kappa shape index (κ3) is 3.81. The lowest BCUT2D eigenvalue weighted by atomic mass is 10.1. The van der Waals surface area contributed by atoms with Crippen LogP contribution < -0.4 is 14.8 Å². The molecule has 1 aliphatic rings. The molecule has 0 aliphatic carbocycles. The van der Waals surface area contributed by atoms with Gasteiger partial charge in [0.2, 0.25) is 0 Å². The van der Waals surface area contributed by atoms with Crippen LogP contribution in [0.1, 0.15) is 19.8 Å². The van der Waals surface area contributed by atoms with Crippen molar-refractivity contribution in [2.75, 3.05) is 25.6 Å². The number of methoxy groups -OCH3 is 1. The first kappa shape index (κ1) is 13.6. The van der Waals surface area contributed by atoms with Crippen molar-refractivity contribution >= 4 is 5.69 Å². The fraction of sp³-hybridized carbons (Fsp3) is 0.467. The Kier molecular flexibility index (Phi) is 4.95. The van der Waals surface area contributed by atoms with Gasteiger partial charge in [-0.05, 0) is 38.0 Å². The van der Waals surface area contributed by atoms with E-state index in [1.54, 1.807) is 13.4 Å². The van der Waals surface area contributed by atoms with Crippen LogP contribution >= 0.6 is 0 Å². The van der Waals surface area contributed by atoms with Crippen molar-refractivity contribution in [3.63, 3.8) is 0 Å². The highest BCUT2D eigenvalue weighted by Crippen LogP contribution is 2.30. The van der Waals surface area contributed by atoms with E-state index in [-0.39, 0.29) is 6.10 Å². The lowest BCUT2D eigenvalue weighted by Gasteiger charge is -2.20. The van der Waals surface area contributed by atoms with Crippen molar-refractivity contribution in [2.24, 2.45) is 0 Å². The van der Waals surface area contributed by atoms with E-state index >= 15 is 0 Å². The SMILES string of the molecule is CCOc1cc(NCC2CCC=CO2)ccc1OC. The van der Waals surface area contributed by atoms with E-state index < -0.39 is 0 Å². The molecule has 0 radical (unpaired) electrons. The molecule has 1 atom stereocenters. The van der Waals surface area contributed by atoms with Gasteiger partial charge in [-0.15, -0.1) is 0 Å². The van der Waals surface area contributed by atoms with Crippen LogP contribution in [0.25, 0.3) is 0 Å².